The molecule has 0 aromatic carbocycles. The molecule has 6 nitrogen and oxygen atoms in total. The first-order chi connectivity index (χ1) is 8.61. The van der Waals surface area contributed by atoms with Gasteiger partial charge in [0.15, 0.2) is 0 Å². The maximum absolute atomic E-state index is 11.8. The van der Waals surface area contributed by atoms with Gasteiger partial charge in [0.05, 0.1) is 0 Å². The number of nitrogen functional groups attached to an aromatic ring is 1. The van der Waals surface area contributed by atoms with E-state index in [1.54, 1.807) is 0 Å². The van der Waals surface area contributed by atoms with Gasteiger partial charge < -0.3 is 16.4 Å². The highest BCUT2D eigenvalue weighted by Crippen LogP contribution is 2.20. The van der Waals surface area contributed by atoms with Crippen LogP contribution >= 0.6 is 0 Å². The Hall–Kier alpha value is -1.85. The normalized spacial score (nSPS) is 16.1. The fourth-order valence-electron chi connectivity index (χ4n) is 1.72. The Balaban J connectivity index is 2.03. The average Bonchev–Trinajstić information content (AvgIpc) is 3.13. The molecule has 0 radical (unpaired) electrons. The van der Waals surface area contributed by atoms with Gasteiger partial charge in [0.2, 0.25) is 5.91 Å². The van der Waals surface area contributed by atoms with Crippen molar-refractivity contribution in [1.82, 2.24) is 15.3 Å². The number of aromatic nitrogens is 2. The lowest BCUT2D eigenvalue weighted by atomic mass is 10.2. The van der Waals surface area contributed by atoms with Crippen LogP contribution in [-0.2, 0) is 11.2 Å². The minimum absolute atomic E-state index is 0.00302. The summed E-state index contributed by atoms with van der Waals surface area (Å²) < 4.78 is 0. The van der Waals surface area contributed by atoms with Crippen LogP contribution in [0.2, 0.25) is 0 Å². The summed E-state index contributed by atoms with van der Waals surface area (Å²) in [6.45, 7) is 3.80. The van der Waals surface area contributed by atoms with Gasteiger partial charge in [0, 0.05) is 11.6 Å². The number of rotatable bonds is 5. The lowest BCUT2D eigenvalue weighted by molar-refractivity contribution is -0.121. The van der Waals surface area contributed by atoms with Crippen LogP contribution in [0.5, 0.6) is 0 Å². The second-order valence-corrected chi connectivity index (χ2v) is 4.59. The Morgan fingerprint density at radius 2 is 2.28 bits per heavy atom. The topological polar surface area (TPSA) is 92.9 Å². The third kappa shape index (κ3) is 2.88. The minimum Gasteiger partial charge on any atom is -0.383 e. The van der Waals surface area contributed by atoms with Crippen LogP contribution in [-0.4, -0.2) is 28.0 Å². The lowest BCUT2D eigenvalue weighted by Crippen LogP contribution is -2.39. The lowest BCUT2D eigenvalue weighted by Gasteiger charge is -2.16. The van der Waals surface area contributed by atoms with Gasteiger partial charge in [-0.25, -0.2) is 9.97 Å². The smallest absolute Gasteiger partial charge is 0.242 e. The predicted molar refractivity (Wildman–Crippen MR) is 70.1 cm³/mol. The van der Waals surface area contributed by atoms with E-state index in [-0.39, 0.29) is 11.9 Å². The summed E-state index contributed by atoms with van der Waals surface area (Å²) in [6.07, 6.45) is 4.30. The molecular formula is C12H19N5O. The van der Waals surface area contributed by atoms with E-state index in [0.29, 0.717) is 17.7 Å². The molecule has 0 saturated heterocycles. The number of amides is 1. The van der Waals surface area contributed by atoms with E-state index in [1.807, 2.05) is 13.8 Å². The Morgan fingerprint density at radius 1 is 1.56 bits per heavy atom. The third-order valence-electron chi connectivity index (χ3n) is 3.00. The number of nitrogens with one attached hydrogen (secondary N) is 2. The molecule has 0 aliphatic heterocycles. The molecule has 1 saturated carbocycles. The quantitative estimate of drug-likeness (QED) is 0.714. The van der Waals surface area contributed by atoms with Gasteiger partial charge in [-0.05, 0) is 26.2 Å². The zero-order valence-corrected chi connectivity index (χ0v) is 10.7. The van der Waals surface area contributed by atoms with Crippen LogP contribution in [0.15, 0.2) is 6.33 Å². The molecule has 0 spiro atoms. The molecule has 1 heterocycles. The summed E-state index contributed by atoms with van der Waals surface area (Å²) in [5, 5.41) is 6.04. The van der Waals surface area contributed by atoms with Crippen molar-refractivity contribution in [1.29, 1.82) is 0 Å². The van der Waals surface area contributed by atoms with E-state index in [4.69, 9.17) is 5.73 Å². The average molecular weight is 249 g/mol. The van der Waals surface area contributed by atoms with Crippen LogP contribution in [0, 0.1) is 0 Å². The summed E-state index contributed by atoms with van der Waals surface area (Å²) in [5.41, 5.74) is 6.63. The van der Waals surface area contributed by atoms with E-state index < -0.39 is 0 Å². The predicted octanol–water partition coefficient (Wildman–Crippen LogP) is 0.700. The molecule has 0 bridgehead atoms. The van der Waals surface area contributed by atoms with Gasteiger partial charge in [0.25, 0.3) is 0 Å². The molecular weight excluding hydrogens is 230 g/mol. The van der Waals surface area contributed by atoms with Crippen LogP contribution in [0.4, 0.5) is 11.6 Å². The molecule has 1 aromatic heterocycles. The molecule has 1 atom stereocenters. The van der Waals surface area contributed by atoms with Crippen molar-refractivity contribution in [3.63, 3.8) is 0 Å². The van der Waals surface area contributed by atoms with Gasteiger partial charge >= 0.3 is 0 Å². The van der Waals surface area contributed by atoms with Gasteiger partial charge in [0.1, 0.15) is 24.0 Å². The van der Waals surface area contributed by atoms with Crippen molar-refractivity contribution in [2.24, 2.45) is 0 Å². The first-order valence-electron chi connectivity index (χ1n) is 6.28. The summed E-state index contributed by atoms with van der Waals surface area (Å²) in [5.74, 6) is 1.10. The molecule has 1 unspecified atom stereocenters. The second kappa shape index (κ2) is 5.20. The van der Waals surface area contributed by atoms with Crippen LogP contribution in [0.1, 0.15) is 32.3 Å². The zero-order valence-electron chi connectivity index (χ0n) is 10.7. The molecule has 98 valence electrons. The van der Waals surface area contributed by atoms with Crippen molar-refractivity contribution in [3.05, 3.63) is 11.9 Å². The third-order valence-corrected chi connectivity index (χ3v) is 3.00. The van der Waals surface area contributed by atoms with Gasteiger partial charge in [-0.15, -0.1) is 0 Å². The highest BCUT2D eigenvalue weighted by atomic mass is 16.2. The minimum atomic E-state index is -0.329. The highest BCUT2D eigenvalue weighted by molar-refractivity contribution is 5.84. The molecule has 1 amide bonds. The monoisotopic (exact) mass is 249 g/mol. The highest BCUT2D eigenvalue weighted by Gasteiger charge is 2.26. The van der Waals surface area contributed by atoms with E-state index in [1.165, 1.54) is 6.33 Å². The molecule has 2 rings (SSSR count). The summed E-state index contributed by atoms with van der Waals surface area (Å²) in [7, 11) is 0. The van der Waals surface area contributed by atoms with Gasteiger partial charge in [-0.3, -0.25) is 4.79 Å². The Morgan fingerprint density at radius 3 is 2.89 bits per heavy atom. The first kappa shape index (κ1) is 12.6. The molecule has 4 N–H and O–H groups in total. The fraction of sp³-hybridized carbons (Fsp3) is 0.583. The maximum atomic E-state index is 11.8. The van der Waals surface area contributed by atoms with E-state index >= 15 is 0 Å². The van der Waals surface area contributed by atoms with Crippen molar-refractivity contribution in [3.8, 4) is 0 Å². The second-order valence-electron chi connectivity index (χ2n) is 4.59. The Kier molecular flexibility index (Phi) is 3.64. The molecule has 18 heavy (non-hydrogen) atoms. The Bertz CT molecular complexity index is 444. The standard InChI is InChI=1S/C12H19N5O/c1-3-9-10(13)14-6-15-11(9)16-7(2)12(18)17-8-4-5-8/h6-8H,3-5H2,1-2H3,(H,17,18)(H3,13,14,15,16). The van der Waals surface area contributed by atoms with Crippen LogP contribution in [0.3, 0.4) is 0 Å². The fourth-order valence-corrected chi connectivity index (χ4v) is 1.72. The molecule has 1 aliphatic carbocycles. The van der Waals surface area contributed by atoms with E-state index in [0.717, 1.165) is 24.8 Å². The number of carbonyl (C=O) groups is 1. The van der Waals surface area contributed by atoms with Crippen molar-refractivity contribution < 1.29 is 4.79 Å². The summed E-state index contributed by atoms with van der Waals surface area (Å²) in [6, 6.07) is 0.0352. The summed E-state index contributed by atoms with van der Waals surface area (Å²) in [4.78, 5) is 19.9. The Labute approximate surface area is 106 Å². The number of hydrogen-bond donors (Lipinski definition) is 3. The van der Waals surface area contributed by atoms with E-state index in [2.05, 4.69) is 20.6 Å². The first-order valence-corrected chi connectivity index (χ1v) is 6.28. The molecule has 1 aromatic rings. The van der Waals surface area contributed by atoms with Crippen LogP contribution < -0.4 is 16.4 Å². The number of anilines is 2. The SMILES string of the molecule is CCc1c(N)ncnc1NC(C)C(=O)NC1CC1. The molecule has 1 fully saturated rings. The number of nitrogens with zero attached hydrogens (tertiary/aromatic N) is 2. The number of nitrogens with two attached hydrogens (primary N) is 1. The van der Waals surface area contributed by atoms with Crippen molar-refractivity contribution >= 4 is 17.5 Å². The van der Waals surface area contributed by atoms with Crippen molar-refractivity contribution in [2.75, 3.05) is 11.1 Å². The largest absolute Gasteiger partial charge is 0.383 e. The van der Waals surface area contributed by atoms with E-state index in [9.17, 15) is 4.79 Å². The number of hydrogen-bond acceptors (Lipinski definition) is 5. The van der Waals surface area contributed by atoms with Crippen LogP contribution in [0.25, 0.3) is 0 Å². The maximum Gasteiger partial charge on any atom is 0.242 e. The number of carbonyl (C=O) groups excluding carboxylic acids is 1. The van der Waals surface area contributed by atoms with Gasteiger partial charge in [-0.2, -0.15) is 0 Å². The van der Waals surface area contributed by atoms with Gasteiger partial charge in [-0.1, -0.05) is 6.92 Å². The zero-order chi connectivity index (χ0) is 13.1. The van der Waals surface area contributed by atoms with Crippen molar-refractivity contribution in [2.45, 2.75) is 45.2 Å². The molecule has 6 heteroatoms. The summed E-state index contributed by atoms with van der Waals surface area (Å²) >= 11 is 0. The molecule has 1 aliphatic rings.